The number of furan rings is 1. The maximum atomic E-state index is 5.28. The fourth-order valence-electron chi connectivity index (χ4n) is 1.85. The van der Waals surface area contributed by atoms with Gasteiger partial charge in [0, 0.05) is 26.2 Å². The smallest absolute Gasteiger partial charge is 0.117 e. The van der Waals surface area contributed by atoms with E-state index in [0.717, 1.165) is 38.5 Å². The number of likely N-dealkylation sites (N-methyl/N-ethyl adjacent to an activating group) is 1. The molecule has 1 aromatic rings. The van der Waals surface area contributed by atoms with Crippen molar-refractivity contribution < 1.29 is 4.42 Å². The van der Waals surface area contributed by atoms with Crippen molar-refractivity contribution in [1.82, 2.24) is 15.1 Å². The molecule has 1 heterocycles. The zero-order valence-electron chi connectivity index (χ0n) is 12.0. The van der Waals surface area contributed by atoms with E-state index >= 15 is 0 Å². The Morgan fingerprint density at radius 1 is 1.17 bits per heavy atom. The second-order valence-corrected chi connectivity index (χ2v) is 4.90. The molecule has 0 aliphatic rings. The molecule has 0 saturated heterocycles. The summed E-state index contributed by atoms with van der Waals surface area (Å²) in [5.74, 6) is 1.00. The van der Waals surface area contributed by atoms with Crippen LogP contribution < -0.4 is 5.32 Å². The monoisotopic (exact) mass is 253 g/mol. The van der Waals surface area contributed by atoms with Crippen molar-refractivity contribution in [3.8, 4) is 0 Å². The quantitative estimate of drug-likeness (QED) is 0.642. The van der Waals surface area contributed by atoms with Gasteiger partial charge in [-0.15, -0.1) is 0 Å². The molecule has 4 heteroatoms. The first-order valence-corrected chi connectivity index (χ1v) is 6.82. The molecule has 0 atom stereocenters. The van der Waals surface area contributed by atoms with Crippen LogP contribution in [-0.4, -0.2) is 56.6 Å². The number of hydrogen-bond acceptors (Lipinski definition) is 4. The minimum absolute atomic E-state index is 0.820. The largest absolute Gasteiger partial charge is 0.468 e. The molecule has 0 aromatic carbocycles. The molecule has 0 amide bonds. The highest BCUT2D eigenvalue weighted by molar-refractivity contribution is 4.97. The maximum Gasteiger partial charge on any atom is 0.117 e. The summed E-state index contributed by atoms with van der Waals surface area (Å²) in [5.41, 5.74) is 0. The Bertz CT molecular complexity index is 285. The van der Waals surface area contributed by atoms with Gasteiger partial charge in [0.1, 0.15) is 5.76 Å². The van der Waals surface area contributed by atoms with Crippen LogP contribution in [0.25, 0.3) is 0 Å². The third-order valence-electron chi connectivity index (χ3n) is 2.89. The molecule has 0 radical (unpaired) electrons. The van der Waals surface area contributed by atoms with Gasteiger partial charge in [-0.3, -0.25) is 0 Å². The summed E-state index contributed by atoms with van der Waals surface area (Å²) < 4.78 is 5.28. The molecule has 0 bridgehead atoms. The number of nitrogens with one attached hydrogen (secondary N) is 1. The normalized spacial score (nSPS) is 11.6. The minimum atomic E-state index is 0.820. The summed E-state index contributed by atoms with van der Waals surface area (Å²) in [6.45, 7) is 8.60. The van der Waals surface area contributed by atoms with Gasteiger partial charge in [0.15, 0.2) is 0 Å². The van der Waals surface area contributed by atoms with Gasteiger partial charge in [-0.25, -0.2) is 0 Å². The van der Waals surface area contributed by atoms with Gasteiger partial charge in [-0.2, -0.15) is 0 Å². The predicted octanol–water partition coefficient (Wildman–Crippen LogP) is 1.64. The Balaban J connectivity index is 2.12. The van der Waals surface area contributed by atoms with Crippen LogP contribution >= 0.6 is 0 Å². The zero-order chi connectivity index (χ0) is 13.2. The minimum Gasteiger partial charge on any atom is -0.468 e. The van der Waals surface area contributed by atoms with E-state index in [9.17, 15) is 0 Å². The Morgan fingerprint density at radius 2 is 2.00 bits per heavy atom. The van der Waals surface area contributed by atoms with Crippen molar-refractivity contribution in [1.29, 1.82) is 0 Å². The van der Waals surface area contributed by atoms with Gasteiger partial charge in [-0.1, -0.05) is 6.92 Å². The Hall–Kier alpha value is -0.840. The van der Waals surface area contributed by atoms with E-state index in [4.69, 9.17) is 4.42 Å². The Morgan fingerprint density at radius 3 is 2.61 bits per heavy atom. The van der Waals surface area contributed by atoms with Gasteiger partial charge >= 0.3 is 0 Å². The van der Waals surface area contributed by atoms with Crippen LogP contribution in [0.5, 0.6) is 0 Å². The topological polar surface area (TPSA) is 31.6 Å². The molecule has 1 N–H and O–H groups in total. The molecule has 0 unspecified atom stereocenters. The summed E-state index contributed by atoms with van der Waals surface area (Å²) in [7, 11) is 4.25. The average Bonchev–Trinajstić information content (AvgIpc) is 2.84. The molecule has 0 aliphatic heterocycles. The van der Waals surface area contributed by atoms with Gasteiger partial charge in [0.2, 0.25) is 0 Å². The maximum absolute atomic E-state index is 5.28. The van der Waals surface area contributed by atoms with Crippen LogP contribution in [0.15, 0.2) is 22.8 Å². The molecule has 0 aliphatic carbocycles. The molecule has 1 aromatic heterocycles. The molecule has 4 nitrogen and oxygen atoms in total. The third-order valence-corrected chi connectivity index (χ3v) is 2.89. The number of nitrogens with zero attached hydrogens (tertiary/aromatic N) is 2. The number of hydrogen-bond donors (Lipinski definition) is 1. The lowest BCUT2D eigenvalue weighted by Crippen LogP contribution is -2.37. The third kappa shape index (κ3) is 6.79. The first-order valence-electron chi connectivity index (χ1n) is 6.82. The van der Waals surface area contributed by atoms with Crippen molar-refractivity contribution in [3.05, 3.63) is 24.2 Å². The lowest BCUT2D eigenvalue weighted by molar-refractivity contribution is 0.240. The average molecular weight is 253 g/mol. The van der Waals surface area contributed by atoms with Crippen LogP contribution in [0.3, 0.4) is 0 Å². The summed E-state index contributed by atoms with van der Waals surface area (Å²) in [6.07, 6.45) is 2.93. The van der Waals surface area contributed by atoms with E-state index in [0.29, 0.717) is 0 Å². The summed E-state index contributed by atoms with van der Waals surface area (Å²) in [5, 5.41) is 3.42. The summed E-state index contributed by atoms with van der Waals surface area (Å²) in [4.78, 5) is 4.74. The van der Waals surface area contributed by atoms with E-state index in [1.54, 1.807) is 6.26 Å². The summed E-state index contributed by atoms with van der Waals surface area (Å²) >= 11 is 0. The standard InChI is InChI=1S/C14H27N3O/c1-4-8-17(11-10-16(2)3)9-7-15-13-14-6-5-12-18-14/h5-6,12,15H,4,7-11,13H2,1-3H3. The first kappa shape index (κ1) is 15.2. The molecule has 18 heavy (non-hydrogen) atoms. The van der Waals surface area contributed by atoms with Gasteiger partial charge in [-0.05, 0) is 39.2 Å². The van der Waals surface area contributed by atoms with E-state index in [-0.39, 0.29) is 0 Å². The first-order chi connectivity index (χ1) is 8.72. The van der Waals surface area contributed by atoms with Crippen LogP contribution in [0.4, 0.5) is 0 Å². The highest BCUT2D eigenvalue weighted by Crippen LogP contribution is 1.98. The molecule has 0 saturated carbocycles. The predicted molar refractivity (Wildman–Crippen MR) is 75.7 cm³/mol. The van der Waals surface area contributed by atoms with Crippen LogP contribution in [0, 0.1) is 0 Å². The van der Waals surface area contributed by atoms with Crippen molar-refractivity contribution in [2.45, 2.75) is 19.9 Å². The lowest BCUT2D eigenvalue weighted by Gasteiger charge is -2.23. The second kappa shape index (κ2) is 9.14. The molecule has 104 valence electrons. The zero-order valence-corrected chi connectivity index (χ0v) is 12.0. The fraction of sp³-hybridized carbons (Fsp3) is 0.714. The molecule has 0 spiro atoms. The van der Waals surface area contributed by atoms with E-state index < -0.39 is 0 Å². The number of rotatable bonds is 10. The van der Waals surface area contributed by atoms with Crippen molar-refractivity contribution in [2.75, 3.05) is 46.8 Å². The van der Waals surface area contributed by atoms with Crippen molar-refractivity contribution in [3.63, 3.8) is 0 Å². The molecule has 0 fully saturated rings. The highest BCUT2D eigenvalue weighted by Gasteiger charge is 2.04. The van der Waals surface area contributed by atoms with E-state index in [1.807, 2.05) is 12.1 Å². The van der Waals surface area contributed by atoms with Gasteiger partial charge < -0.3 is 19.5 Å². The highest BCUT2D eigenvalue weighted by atomic mass is 16.3. The Kier molecular flexibility index (Phi) is 7.73. The van der Waals surface area contributed by atoms with Crippen LogP contribution in [0.2, 0.25) is 0 Å². The second-order valence-electron chi connectivity index (χ2n) is 4.90. The molecular formula is C14H27N3O. The lowest BCUT2D eigenvalue weighted by atomic mass is 10.3. The fourth-order valence-corrected chi connectivity index (χ4v) is 1.85. The SMILES string of the molecule is CCCN(CCNCc1ccco1)CCN(C)C. The van der Waals surface area contributed by atoms with Crippen LogP contribution in [0.1, 0.15) is 19.1 Å². The molecular weight excluding hydrogens is 226 g/mol. The summed E-state index contributed by atoms with van der Waals surface area (Å²) in [6, 6.07) is 3.93. The van der Waals surface area contributed by atoms with Crippen molar-refractivity contribution >= 4 is 0 Å². The van der Waals surface area contributed by atoms with Crippen LogP contribution in [-0.2, 0) is 6.54 Å². The van der Waals surface area contributed by atoms with Crippen molar-refractivity contribution in [2.24, 2.45) is 0 Å². The van der Waals surface area contributed by atoms with E-state index in [1.165, 1.54) is 13.0 Å². The van der Waals surface area contributed by atoms with Gasteiger partial charge in [0.05, 0.1) is 12.8 Å². The van der Waals surface area contributed by atoms with E-state index in [2.05, 4.69) is 36.1 Å². The van der Waals surface area contributed by atoms with Gasteiger partial charge in [0.25, 0.3) is 0 Å². The molecule has 1 rings (SSSR count). The Labute approximate surface area is 111 Å².